The van der Waals surface area contributed by atoms with Crippen molar-refractivity contribution in [2.24, 2.45) is 12.1 Å². The van der Waals surface area contributed by atoms with Gasteiger partial charge >= 0.3 is 0 Å². The molecule has 0 saturated carbocycles. The first-order chi connectivity index (χ1) is 9.15. The summed E-state index contributed by atoms with van der Waals surface area (Å²) in [5.41, 5.74) is 4.27. The SMILES string of the molecule is Cn1cccc1CC(=O)N/N=C/c1cccc(Cl)c1. The lowest BCUT2D eigenvalue weighted by Gasteiger charge is -2.01. The molecule has 0 spiro atoms. The topological polar surface area (TPSA) is 46.4 Å². The molecule has 0 fully saturated rings. The van der Waals surface area contributed by atoms with E-state index >= 15 is 0 Å². The normalized spacial score (nSPS) is 10.8. The third-order valence-corrected chi connectivity index (χ3v) is 2.88. The van der Waals surface area contributed by atoms with Crippen LogP contribution in [0.2, 0.25) is 5.02 Å². The van der Waals surface area contributed by atoms with Crippen molar-refractivity contribution >= 4 is 23.7 Å². The molecule has 2 aromatic rings. The number of benzene rings is 1. The average Bonchev–Trinajstić information content (AvgIpc) is 2.75. The maximum atomic E-state index is 11.7. The van der Waals surface area contributed by atoms with Gasteiger partial charge in [-0.25, -0.2) is 5.43 Å². The Hall–Kier alpha value is -2.07. The molecule has 1 aromatic heterocycles. The second-order valence-corrected chi connectivity index (χ2v) is 4.57. The third-order valence-electron chi connectivity index (χ3n) is 2.64. The summed E-state index contributed by atoms with van der Waals surface area (Å²) in [5, 5.41) is 4.54. The molecule has 98 valence electrons. The van der Waals surface area contributed by atoms with Crippen molar-refractivity contribution in [3.63, 3.8) is 0 Å². The van der Waals surface area contributed by atoms with Gasteiger partial charge in [0.05, 0.1) is 12.6 Å². The van der Waals surface area contributed by atoms with Crippen LogP contribution < -0.4 is 5.43 Å². The van der Waals surface area contributed by atoms with Crippen molar-refractivity contribution in [1.29, 1.82) is 0 Å². The highest BCUT2D eigenvalue weighted by Gasteiger charge is 2.04. The number of rotatable bonds is 4. The molecule has 4 nitrogen and oxygen atoms in total. The highest BCUT2D eigenvalue weighted by atomic mass is 35.5. The van der Waals surface area contributed by atoms with E-state index in [-0.39, 0.29) is 5.91 Å². The number of aryl methyl sites for hydroxylation is 1. The first-order valence-corrected chi connectivity index (χ1v) is 6.20. The molecule has 0 aliphatic rings. The number of hydrogen-bond donors (Lipinski definition) is 1. The Bertz CT molecular complexity index is 604. The second-order valence-electron chi connectivity index (χ2n) is 4.14. The Morgan fingerprint density at radius 1 is 1.42 bits per heavy atom. The van der Waals surface area contributed by atoms with Crippen LogP contribution in [-0.4, -0.2) is 16.7 Å². The summed E-state index contributed by atoms with van der Waals surface area (Å²) in [4.78, 5) is 11.7. The van der Waals surface area contributed by atoms with Crippen LogP contribution in [0.25, 0.3) is 0 Å². The van der Waals surface area contributed by atoms with E-state index in [0.29, 0.717) is 11.4 Å². The summed E-state index contributed by atoms with van der Waals surface area (Å²) >= 11 is 5.85. The standard InChI is InChI=1S/C14H14ClN3O/c1-18-7-3-6-13(18)9-14(19)17-16-10-11-4-2-5-12(15)8-11/h2-8,10H,9H2,1H3,(H,17,19)/b16-10+. The highest BCUT2D eigenvalue weighted by molar-refractivity contribution is 6.30. The Morgan fingerprint density at radius 3 is 2.95 bits per heavy atom. The maximum absolute atomic E-state index is 11.7. The van der Waals surface area contributed by atoms with Crippen molar-refractivity contribution in [2.45, 2.75) is 6.42 Å². The van der Waals surface area contributed by atoms with Gasteiger partial charge in [0.15, 0.2) is 0 Å². The number of amides is 1. The van der Waals surface area contributed by atoms with Crippen LogP contribution in [0.1, 0.15) is 11.3 Å². The smallest absolute Gasteiger partial charge is 0.245 e. The molecular formula is C14H14ClN3O. The Kier molecular flexibility index (Phi) is 4.36. The van der Waals surface area contributed by atoms with Crippen molar-refractivity contribution in [3.8, 4) is 0 Å². The first-order valence-electron chi connectivity index (χ1n) is 5.83. The van der Waals surface area contributed by atoms with Crippen LogP contribution in [0.4, 0.5) is 0 Å². The van der Waals surface area contributed by atoms with Gasteiger partial charge in [0.25, 0.3) is 0 Å². The molecule has 1 amide bonds. The summed E-state index contributed by atoms with van der Waals surface area (Å²) < 4.78 is 1.90. The summed E-state index contributed by atoms with van der Waals surface area (Å²) in [6.07, 6.45) is 3.77. The molecule has 0 atom stereocenters. The summed E-state index contributed by atoms with van der Waals surface area (Å²) in [6.45, 7) is 0. The summed E-state index contributed by atoms with van der Waals surface area (Å²) in [5.74, 6) is -0.153. The zero-order valence-corrected chi connectivity index (χ0v) is 11.3. The first kappa shape index (κ1) is 13.4. The molecule has 0 aliphatic carbocycles. The van der Waals surface area contributed by atoms with Crippen LogP contribution >= 0.6 is 11.6 Å². The Morgan fingerprint density at radius 2 is 2.26 bits per heavy atom. The zero-order chi connectivity index (χ0) is 13.7. The van der Waals surface area contributed by atoms with E-state index in [4.69, 9.17) is 11.6 Å². The number of halogens is 1. The molecule has 19 heavy (non-hydrogen) atoms. The van der Waals surface area contributed by atoms with E-state index in [1.165, 1.54) is 0 Å². The second kappa shape index (κ2) is 6.20. The van der Waals surface area contributed by atoms with Gasteiger partial charge in [0, 0.05) is 24.0 Å². The molecule has 0 saturated heterocycles. The number of carbonyl (C=O) groups excluding carboxylic acids is 1. The lowest BCUT2D eigenvalue weighted by molar-refractivity contribution is -0.120. The fourth-order valence-electron chi connectivity index (χ4n) is 1.65. The van der Waals surface area contributed by atoms with Gasteiger partial charge in [-0.2, -0.15) is 5.10 Å². The molecule has 1 aromatic carbocycles. The quantitative estimate of drug-likeness (QED) is 0.676. The predicted octanol–water partition coefficient (Wildman–Crippen LogP) is 2.37. The summed E-state index contributed by atoms with van der Waals surface area (Å²) in [7, 11) is 1.90. The Balaban J connectivity index is 1.88. The molecule has 1 N–H and O–H groups in total. The van der Waals surface area contributed by atoms with Crippen LogP contribution in [0, 0.1) is 0 Å². The van der Waals surface area contributed by atoms with Crippen LogP contribution in [-0.2, 0) is 18.3 Å². The lowest BCUT2D eigenvalue weighted by Crippen LogP contribution is -2.20. The number of nitrogens with one attached hydrogen (secondary N) is 1. The van der Waals surface area contributed by atoms with Gasteiger partial charge in [0.2, 0.25) is 5.91 Å². The monoisotopic (exact) mass is 275 g/mol. The number of carbonyl (C=O) groups is 1. The van der Waals surface area contributed by atoms with E-state index in [1.54, 1.807) is 18.3 Å². The van der Waals surface area contributed by atoms with Crippen molar-refractivity contribution in [2.75, 3.05) is 0 Å². The minimum atomic E-state index is -0.153. The highest BCUT2D eigenvalue weighted by Crippen LogP contribution is 2.08. The fourth-order valence-corrected chi connectivity index (χ4v) is 1.85. The van der Waals surface area contributed by atoms with Crippen molar-refractivity contribution < 1.29 is 4.79 Å². The molecule has 0 unspecified atom stereocenters. The number of hydrazone groups is 1. The molecule has 1 heterocycles. The zero-order valence-electron chi connectivity index (χ0n) is 10.5. The Labute approximate surface area is 116 Å². The van der Waals surface area contributed by atoms with Gasteiger partial charge in [-0.3, -0.25) is 4.79 Å². The van der Waals surface area contributed by atoms with Crippen LogP contribution in [0.5, 0.6) is 0 Å². The fraction of sp³-hybridized carbons (Fsp3) is 0.143. The van der Waals surface area contributed by atoms with Gasteiger partial charge in [-0.1, -0.05) is 23.7 Å². The van der Waals surface area contributed by atoms with E-state index in [1.807, 2.05) is 42.1 Å². The minimum Gasteiger partial charge on any atom is -0.354 e. The lowest BCUT2D eigenvalue weighted by atomic mass is 10.2. The molecule has 0 aliphatic heterocycles. The number of hydrogen-bond acceptors (Lipinski definition) is 2. The van der Waals surface area contributed by atoms with Gasteiger partial charge < -0.3 is 4.57 Å². The van der Waals surface area contributed by atoms with Crippen molar-refractivity contribution in [3.05, 3.63) is 58.9 Å². The van der Waals surface area contributed by atoms with E-state index in [9.17, 15) is 4.79 Å². The van der Waals surface area contributed by atoms with E-state index in [0.717, 1.165) is 11.3 Å². The molecule has 0 bridgehead atoms. The van der Waals surface area contributed by atoms with Crippen LogP contribution in [0.15, 0.2) is 47.7 Å². The average molecular weight is 276 g/mol. The van der Waals surface area contributed by atoms with Gasteiger partial charge in [-0.05, 0) is 29.8 Å². The van der Waals surface area contributed by atoms with Crippen molar-refractivity contribution in [1.82, 2.24) is 9.99 Å². The van der Waals surface area contributed by atoms with Crippen LogP contribution in [0.3, 0.4) is 0 Å². The molecule has 2 rings (SSSR count). The predicted molar refractivity (Wildman–Crippen MR) is 76.3 cm³/mol. The number of aromatic nitrogens is 1. The minimum absolute atomic E-state index is 0.153. The van der Waals surface area contributed by atoms with E-state index in [2.05, 4.69) is 10.5 Å². The maximum Gasteiger partial charge on any atom is 0.245 e. The third kappa shape index (κ3) is 3.96. The largest absolute Gasteiger partial charge is 0.354 e. The van der Waals surface area contributed by atoms with Gasteiger partial charge in [-0.15, -0.1) is 0 Å². The molecular weight excluding hydrogens is 262 g/mol. The summed E-state index contributed by atoms with van der Waals surface area (Å²) in [6, 6.07) is 11.0. The van der Waals surface area contributed by atoms with E-state index < -0.39 is 0 Å². The van der Waals surface area contributed by atoms with Gasteiger partial charge in [0.1, 0.15) is 0 Å². The molecule has 5 heteroatoms. The molecule has 0 radical (unpaired) electrons. The number of nitrogens with zero attached hydrogens (tertiary/aromatic N) is 2.